The topological polar surface area (TPSA) is 38.0 Å². The monoisotopic (exact) mass is 240 g/mol. The lowest BCUT2D eigenvalue weighted by Gasteiger charge is -2.18. The van der Waals surface area contributed by atoms with Crippen LogP contribution in [0.5, 0.6) is 0 Å². The van der Waals surface area contributed by atoms with Crippen molar-refractivity contribution in [1.82, 2.24) is 5.32 Å². The Bertz CT molecular complexity index is 408. The lowest BCUT2D eigenvalue weighted by atomic mass is 10.1. The maximum absolute atomic E-state index is 6.16. The van der Waals surface area contributed by atoms with Crippen LogP contribution in [0.1, 0.15) is 30.1 Å². The minimum Gasteiger partial charge on any atom is -0.323 e. The molecule has 0 aliphatic carbocycles. The summed E-state index contributed by atoms with van der Waals surface area (Å²) in [5, 5.41) is 3.47. The highest BCUT2D eigenvalue weighted by Crippen LogP contribution is 2.13. The van der Waals surface area contributed by atoms with Gasteiger partial charge in [0.1, 0.15) is 0 Å². The maximum Gasteiger partial charge on any atom is 0.0421 e. The number of rotatable bonds is 5. The molecule has 0 fully saturated rings. The third-order valence-corrected chi connectivity index (χ3v) is 3.17. The zero-order valence-electron chi connectivity index (χ0n) is 10.7. The second-order valence-electron chi connectivity index (χ2n) is 4.56. The molecule has 2 atom stereocenters. The van der Waals surface area contributed by atoms with Gasteiger partial charge in [0, 0.05) is 18.6 Å². The fourth-order valence-electron chi connectivity index (χ4n) is 1.98. The quantitative estimate of drug-likeness (QED) is 0.843. The summed E-state index contributed by atoms with van der Waals surface area (Å²) in [6.45, 7) is 2.94. The van der Waals surface area contributed by atoms with Gasteiger partial charge in [-0.3, -0.25) is 0 Å². The molecule has 2 aromatic carbocycles. The van der Waals surface area contributed by atoms with Gasteiger partial charge in [-0.25, -0.2) is 0 Å². The third-order valence-electron chi connectivity index (χ3n) is 3.17. The SMILES string of the molecule is C[C@H](NCC(N)c1ccccc1)c1ccccc1. The molecular formula is C16H20N2. The number of hydrogen-bond donors (Lipinski definition) is 2. The van der Waals surface area contributed by atoms with Gasteiger partial charge in [-0.05, 0) is 18.1 Å². The summed E-state index contributed by atoms with van der Waals surface area (Å²) < 4.78 is 0. The summed E-state index contributed by atoms with van der Waals surface area (Å²) in [4.78, 5) is 0. The molecule has 0 aromatic heterocycles. The van der Waals surface area contributed by atoms with Crippen LogP contribution in [0.25, 0.3) is 0 Å². The molecule has 2 rings (SSSR count). The summed E-state index contributed by atoms with van der Waals surface area (Å²) in [5.74, 6) is 0. The molecule has 1 unspecified atom stereocenters. The van der Waals surface area contributed by atoms with Crippen molar-refractivity contribution in [3.05, 3.63) is 71.8 Å². The standard InChI is InChI=1S/C16H20N2/c1-13(14-8-4-2-5-9-14)18-12-16(17)15-10-6-3-7-11-15/h2-11,13,16,18H,12,17H2,1H3/t13-,16?/m0/s1. The lowest BCUT2D eigenvalue weighted by molar-refractivity contribution is 0.527. The van der Waals surface area contributed by atoms with Crippen LogP contribution in [0, 0.1) is 0 Å². The molecule has 2 nitrogen and oxygen atoms in total. The van der Waals surface area contributed by atoms with E-state index in [0.717, 1.165) is 6.54 Å². The molecule has 2 heteroatoms. The van der Waals surface area contributed by atoms with E-state index in [1.807, 2.05) is 24.3 Å². The van der Waals surface area contributed by atoms with Crippen LogP contribution < -0.4 is 11.1 Å². The summed E-state index contributed by atoms with van der Waals surface area (Å²) in [7, 11) is 0. The van der Waals surface area contributed by atoms with Crippen LogP contribution in [0.3, 0.4) is 0 Å². The Morgan fingerprint density at radius 1 is 0.889 bits per heavy atom. The van der Waals surface area contributed by atoms with Gasteiger partial charge in [0.2, 0.25) is 0 Å². The van der Waals surface area contributed by atoms with E-state index in [0.29, 0.717) is 6.04 Å². The molecule has 18 heavy (non-hydrogen) atoms. The van der Waals surface area contributed by atoms with E-state index in [1.54, 1.807) is 0 Å². The van der Waals surface area contributed by atoms with Gasteiger partial charge < -0.3 is 11.1 Å². The van der Waals surface area contributed by atoms with E-state index in [9.17, 15) is 0 Å². The Hall–Kier alpha value is -1.64. The van der Waals surface area contributed by atoms with Crippen LogP contribution in [-0.2, 0) is 0 Å². The highest BCUT2D eigenvalue weighted by atomic mass is 14.9. The van der Waals surface area contributed by atoms with Crippen molar-refractivity contribution in [3.8, 4) is 0 Å². The van der Waals surface area contributed by atoms with Crippen LogP contribution in [-0.4, -0.2) is 6.54 Å². The van der Waals surface area contributed by atoms with Gasteiger partial charge in [-0.1, -0.05) is 60.7 Å². The van der Waals surface area contributed by atoms with Gasteiger partial charge in [0.25, 0.3) is 0 Å². The minimum atomic E-state index is 0.0392. The minimum absolute atomic E-state index is 0.0392. The van der Waals surface area contributed by atoms with Crippen LogP contribution in [0.2, 0.25) is 0 Å². The van der Waals surface area contributed by atoms with E-state index in [4.69, 9.17) is 5.73 Å². The van der Waals surface area contributed by atoms with E-state index < -0.39 is 0 Å². The molecular weight excluding hydrogens is 220 g/mol. The second-order valence-corrected chi connectivity index (χ2v) is 4.56. The Morgan fingerprint density at radius 2 is 1.39 bits per heavy atom. The second kappa shape index (κ2) is 6.34. The highest BCUT2D eigenvalue weighted by molar-refractivity contribution is 5.20. The Balaban J connectivity index is 1.89. The van der Waals surface area contributed by atoms with Crippen molar-refractivity contribution >= 4 is 0 Å². The first kappa shape index (κ1) is 12.8. The predicted molar refractivity (Wildman–Crippen MR) is 76.2 cm³/mol. The summed E-state index contributed by atoms with van der Waals surface area (Å²) in [6.07, 6.45) is 0. The summed E-state index contributed by atoms with van der Waals surface area (Å²) >= 11 is 0. The zero-order chi connectivity index (χ0) is 12.8. The fraction of sp³-hybridized carbons (Fsp3) is 0.250. The summed E-state index contributed by atoms with van der Waals surface area (Å²) in [6, 6.07) is 21.0. The first-order chi connectivity index (χ1) is 8.77. The van der Waals surface area contributed by atoms with E-state index in [1.165, 1.54) is 11.1 Å². The molecule has 0 saturated carbocycles. The molecule has 0 radical (unpaired) electrons. The average molecular weight is 240 g/mol. The van der Waals surface area contributed by atoms with Crippen molar-refractivity contribution in [2.75, 3.05) is 6.54 Å². The molecule has 3 N–H and O–H groups in total. The molecule has 0 aliphatic heterocycles. The smallest absolute Gasteiger partial charge is 0.0421 e. The van der Waals surface area contributed by atoms with Gasteiger partial charge in [0.15, 0.2) is 0 Å². The molecule has 94 valence electrons. The molecule has 0 bridgehead atoms. The number of hydrogen-bond acceptors (Lipinski definition) is 2. The van der Waals surface area contributed by atoms with Crippen LogP contribution in [0.15, 0.2) is 60.7 Å². The summed E-state index contributed by atoms with van der Waals surface area (Å²) in [5.41, 5.74) is 8.62. The largest absolute Gasteiger partial charge is 0.323 e. The molecule has 0 aliphatic rings. The normalized spacial score (nSPS) is 14.1. The Kier molecular flexibility index (Phi) is 4.51. The van der Waals surface area contributed by atoms with Gasteiger partial charge in [-0.2, -0.15) is 0 Å². The number of nitrogens with one attached hydrogen (secondary N) is 1. The average Bonchev–Trinajstić information content (AvgIpc) is 2.46. The van der Waals surface area contributed by atoms with Gasteiger partial charge in [-0.15, -0.1) is 0 Å². The molecule has 0 spiro atoms. The fourth-order valence-corrected chi connectivity index (χ4v) is 1.98. The maximum atomic E-state index is 6.16. The molecule has 0 heterocycles. The number of benzene rings is 2. The lowest BCUT2D eigenvalue weighted by Crippen LogP contribution is -2.29. The van der Waals surface area contributed by atoms with Crippen LogP contribution in [0.4, 0.5) is 0 Å². The zero-order valence-corrected chi connectivity index (χ0v) is 10.7. The Morgan fingerprint density at radius 3 is 1.94 bits per heavy atom. The van der Waals surface area contributed by atoms with Crippen molar-refractivity contribution in [2.24, 2.45) is 5.73 Å². The van der Waals surface area contributed by atoms with Gasteiger partial charge >= 0.3 is 0 Å². The molecule has 2 aromatic rings. The third kappa shape index (κ3) is 3.42. The highest BCUT2D eigenvalue weighted by Gasteiger charge is 2.08. The van der Waals surface area contributed by atoms with Crippen molar-refractivity contribution < 1.29 is 0 Å². The predicted octanol–water partition coefficient (Wildman–Crippen LogP) is 3.04. The van der Waals surface area contributed by atoms with E-state index >= 15 is 0 Å². The van der Waals surface area contributed by atoms with Crippen molar-refractivity contribution in [2.45, 2.75) is 19.0 Å². The van der Waals surface area contributed by atoms with Crippen molar-refractivity contribution in [3.63, 3.8) is 0 Å². The molecule has 0 saturated heterocycles. The Labute approximate surface area is 109 Å². The van der Waals surface area contributed by atoms with Crippen LogP contribution >= 0.6 is 0 Å². The van der Waals surface area contributed by atoms with Crippen molar-refractivity contribution in [1.29, 1.82) is 0 Å². The van der Waals surface area contributed by atoms with E-state index in [-0.39, 0.29) is 6.04 Å². The first-order valence-corrected chi connectivity index (χ1v) is 6.36. The van der Waals surface area contributed by atoms with Gasteiger partial charge in [0.05, 0.1) is 0 Å². The first-order valence-electron chi connectivity index (χ1n) is 6.36. The molecule has 0 amide bonds. The number of nitrogens with two attached hydrogens (primary N) is 1. The van der Waals surface area contributed by atoms with E-state index in [2.05, 4.69) is 48.6 Å².